The Labute approximate surface area is 173 Å². The Bertz CT molecular complexity index is 981. The molecule has 0 radical (unpaired) electrons. The van der Waals surface area contributed by atoms with E-state index in [1.807, 2.05) is 24.3 Å². The summed E-state index contributed by atoms with van der Waals surface area (Å²) in [5.41, 5.74) is 1.04. The molecule has 3 rings (SSSR count). The molecule has 0 aliphatic heterocycles. The van der Waals surface area contributed by atoms with E-state index < -0.39 is 18.0 Å². The summed E-state index contributed by atoms with van der Waals surface area (Å²) in [5, 5.41) is 8.46. The molecular weight excluding hydrogens is 390 g/mol. The van der Waals surface area contributed by atoms with Crippen molar-refractivity contribution in [3.05, 3.63) is 83.9 Å². The number of nitrogens with one attached hydrogen (secondary N) is 3. The smallest absolute Gasteiger partial charge is 0.319 e. The molecule has 0 aliphatic carbocycles. The Hall–Kier alpha value is -3.51. The highest BCUT2D eigenvalue weighted by atomic mass is 35.5. The Morgan fingerprint density at radius 2 is 1.55 bits per heavy atom. The first-order valence-electron chi connectivity index (χ1n) is 8.97. The van der Waals surface area contributed by atoms with Gasteiger partial charge in [0.1, 0.15) is 11.8 Å². The highest BCUT2D eigenvalue weighted by Gasteiger charge is 2.18. The van der Waals surface area contributed by atoms with Crippen LogP contribution in [0.15, 0.2) is 78.9 Å². The standard InChI is InChI=1S/C22H20ClN3O3/c1-15(24-22(28)25-17-8-4-2-5-9-17)21(27)26-19-14-16(23)12-13-20(19)29-18-10-6-3-7-11-18/h2-15H,1H3,(H,26,27)(H2,24,25,28)/t15-/m1/s1. The van der Waals surface area contributed by atoms with Crippen molar-refractivity contribution in [2.45, 2.75) is 13.0 Å². The number of para-hydroxylation sites is 2. The first-order chi connectivity index (χ1) is 14.0. The van der Waals surface area contributed by atoms with Gasteiger partial charge in [-0.25, -0.2) is 4.79 Å². The van der Waals surface area contributed by atoms with Crippen molar-refractivity contribution in [2.75, 3.05) is 10.6 Å². The molecule has 148 valence electrons. The van der Waals surface area contributed by atoms with Gasteiger partial charge in [-0.05, 0) is 49.4 Å². The molecule has 29 heavy (non-hydrogen) atoms. The third-order valence-corrected chi connectivity index (χ3v) is 4.18. The topological polar surface area (TPSA) is 79.5 Å². The Morgan fingerprint density at radius 3 is 2.24 bits per heavy atom. The largest absolute Gasteiger partial charge is 0.455 e. The van der Waals surface area contributed by atoms with Gasteiger partial charge in [0.25, 0.3) is 0 Å². The van der Waals surface area contributed by atoms with E-state index in [1.165, 1.54) is 0 Å². The molecule has 3 aromatic carbocycles. The first kappa shape index (κ1) is 20.2. The monoisotopic (exact) mass is 409 g/mol. The van der Waals surface area contributed by atoms with E-state index in [0.29, 0.717) is 27.9 Å². The number of benzene rings is 3. The van der Waals surface area contributed by atoms with Gasteiger partial charge in [-0.2, -0.15) is 0 Å². The van der Waals surface area contributed by atoms with Crippen LogP contribution in [-0.4, -0.2) is 18.0 Å². The molecule has 1 atom stereocenters. The number of halogens is 1. The number of carbonyl (C=O) groups excluding carboxylic acids is 2. The highest BCUT2D eigenvalue weighted by molar-refractivity contribution is 6.31. The van der Waals surface area contributed by atoms with E-state index in [1.54, 1.807) is 61.5 Å². The Balaban J connectivity index is 1.64. The fourth-order valence-corrected chi connectivity index (χ4v) is 2.67. The second kappa shape index (κ2) is 9.61. The average molecular weight is 410 g/mol. The minimum absolute atomic E-state index is 0.406. The number of anilines is 2. The fourth-order valence-electron chi connectivity index (χ4n) is 2.50. The average Bonchev–Trinajstić information content (AvgIpc) is 2.71. The van der Waals surface area contributed by atoms with Crippen molar-refractivity contribution in [3.8, 4) is 11.5 Å². The number of ether oxygens (including phenoxy) is 1. The van der Waals surface area contributed by atoms with Gasteiger partial charge in [0, 0.05) is 10.7 Å². The highest BCUT2D eigenvalue weighted by Crippen LogP contribution is 2.32. The van der Waals surface area contributed by atoms with Crippen LogP contribution in [0.3, 0.4) is 0 Å². The minimum atomic E-state index is -0.790. The Morgan fingerprint density at radius 1 is 0.897 bits per heavy atom. The van der Waals surface area contributed by atoms with E-state index in [4.69, 9.17) is 16.3 Å². The second-order valence-corrected chi connectivity index (χ2v) is 6.67. The zero-order valence-corrected chi connectivity index (χ0v) is 16.4. The summed E-state index contributed by atoms with van der Waals surface area (Å²) in [7, 11) is 0. The fraction of sp³-hybridized carbons (Fsp3) is 0.0909. The number of hydrogen-bond donors (Lipinski definition) is 3. The molecule has 0 saturated carbocycles. The van der Waals surface area contributed by atoms with Crippen LogP contribution in [0.1, 0.15) is 6.92 Å². The van der Waals surface area contributed by atoms with Gasteiger partial charge in [0.15, 0.2) is 5.75 Å². The van der Waals surface area contributed by atoms with Crippen molar-refractivity contribution in [3.63, 3.8) is 0 Å². The zero-order chi connectivity index (χ0) is 20.6. The van der Waals surface area contributed by atoms with Gasteiger partial charge in [-0.3, -0.25) is 4.79 Å². The molecular formula is C22H20ClN3O3. The van der Waals surface area contributed by atoms with E-state index in [2.05, 4.69) is 16.0 Å². The summed E-state index contributed by atoms with van der Waals surface area (Å²) in [4.78, 5) is 24.7. The lowest BCUT2D eigenvalue weighted by Gasteiger charge is -2.17. The van der Waals surface area contributed by atoms with Crippen LogP contribution >= 0.6 is 11.6 Å². The van der Waals surface area contributed by atoms with Crippen molar-refractivity contribution in [1.82, 2.24) is 5.32 Å². The molecule has 0 bridgehead atoms. The van der Waals surface area contributed by atoms with Gasteiger partial charge >= 0.3 is 6.03 Å². The van der Waals surface area contributed by atoms with Crippen LogP contribution in [0.5, 0.6) is 11.5 Å². The second-order valence-electron chi connectivity index (χ2n) is 6.23. The maximum absolute atomic E-state index is 12.6. The van der Waals surface area contributed by atoms with Crippen LogP contribution in [0.2, 0.25) is 5.02 Å². The third kappa shape index (κ3) is 5.99. The molecule has 0 saturated heterocycles. The number of rotatable bonds is 6. The minimum Gasteiger partial charge on any atom is -0.455 e. The summed E-state index contributed by atoms with van der Waals surface area (Å²) < 4.78 is 5.83. The van der Waals surface area contributed by atoms with E-state index in [9.17, 15) is 9.59 Å². The number of amides is 3. The van der Waals surface area contributed by atoms with Crippen LogP contribution in [0.25, 0.3) is 0 Å². The first-order valence-corrected chi connectivity index (χ1v) is 9.35. The van der Waals surface area contributed by atoms with Gasteiger partial charge in [0.2, 0.25) is 5.91 Å². The quantitative estimate of drug-likeness (QED) is 0.518. The van der Waals surface area contributed by atoms with Crippen LogP contribution in [-0.2, 0) is 4.79 Å². The summed E-state index contributed by atoms with van der Waals surface area (Å²) in [6, 6.07) is 21.8. The number of urea groups is 1. The van der Waals surface area contributed by atoms with Crippen LogP contribution < -0.4 is 20.7 Å². The molecule has 0 spiro atoms. The van der Waals surface area contributed by atoms with Gasteiger partial charge in [0.05, 0.1) is 5.69 Å². The van der Waals surface area contributed by atoms with Gasteiger partial charge in [-0.1, -0.05) is 48.0 Å². The molecule has 0 heterocycles. The molecule has 3 amide bonds. The lowest BCUT2D eigenvalue weighted by molar-refractivity contribution is -0.117. The van der Waals surface area contributed by atoms with E-state index >= 15 is 0 Å². The maximum atomic E-state index is 12.6. The van der Waals surface area contributed by atoms with E-state index in [0.717, 1.165) is 0 Å². The molecule has 0 aromatic heterocycles. The lowest BCUT2D eigenvalue weighted by atomic mass is 10.2. The molecule has 0 unspecified atom stereocenters. The molecule has 6 nitrogen and oxygen atoms in total. The summed E-state index contributed by atoms with van der Waals surface area (Å²) in [5.74, 6) is 0.655. The third-order valence-electron chi connectivity index (χ3n) is 3.94. The zero-order valence-electron chi connectivity index (χ0n) is 15.7. The predicted molar refractivity (Wildman–Crippen MR) is 115 cm³/mol. The van der Waals surface area contributed by atoms with Crippen molar-refractivity contribution < 1.29 is 14.3 Å². The normalized spacial score (nSPS) is 11.2. The van der Waals surface area contributed by atoms with Gasteiger partial charge < -0.3 is 20.7 Å². The lowest BCUT2D eigenvalue weighted by Crippen LogP contribution is -2.43. The number of hydrogen-bond acceptors (Lipinski definition) is 3. The molecule has 3 N–H and O–H groups in total. The molecule has 7 heteroatoms. The van der Waals surface area contributed by atoms with Crippen LogP contribution in [0.4, 0.5) is 16.2 Å². The SMILES string of the molecule is C[C@@H](NC(=O)Nc1ccccc1)C(=O)Nc1cc(Cl)ccc1Oc1ccccc1. The van der Waals surface area contributed by atoms with Crippen LogP contribution in [0, 0.1) is 0 Å². The summed E-state index contributed by atoms with van der Waals surface area (Å²) in [6.45, 7) is 1.59. The Kier molecular flexibility index (Phi) is 6.71. The van der Waals surface area contributed by atoms with E-state index in [-0.39, 0.29) is 0 Å². The predicted octanol–water partition coefficient (Wildman–Crippen LogP) is 5.28. The number of carbonyl (C=O) groups is 2. The van der Waals surface area contributed by atoms with Crippen molar-refractivity contribution >= 4 is 34.9 Å². The molecule has 0 fully saturated rings. The van der Waals surface area contributed by atoms with Gasteiger partial charge in [-0.15, -0.1) is 0 Å². The molecule has 0 aliphatic rings. The van der Waals surface area contributed by atoms with Crippen molar-refractivity contribution in [2.24, 2.45) is 0 Å². The molecule has 3 aromatic rings. The maximum Gasteiger partial charge on any atom is 0.319 e. The summed E-state index contributed by atoms with van der Waals surface area (Å²) >= 11 is 6.07. The van der Waals surface area contributed by atoms with Crippen molar-refractivity contribution in [1.29, 1.82) is 0 Å². The summed E-state index contributed by atoms with van der Waals surface area (Å²) in [6.07, 6.45) is 0.